The lowest BCUT2D eigenvalue weighted by atomic mass is 9.90. The first-order valence-electron chi connectivity index (χ1n) is 11.2. The summed E-state index contributed by atoms with van der Waals surface area (Å²) < 4.78 is 11.2. The first-order chi connectivity index (χ1) is 14.2. The Morgan fingerprint density at radius 1 is 0.966 bits per heavy atom. The Morgan fingerprint density at radius 3 is 2.66 bits per heavy atom. The van der Waals surface area contributed by atoms with Gasteiger partial charge in [-0.05, 0) is 44.9 Å². The van der Waals surface area contributed by atoms with Gasteiger partial charge in [-0.3, -0.25) is 9.59 Å². The molecule has 29 heavy (non-hydrogen) atoms. The average molecular weight is 425 g/mol. The van der Waals surface area contributed by atoms with Gasteiger partial charge in [0, 0.05) is 18.5 Å². The molecule has 0 aromatic rings. The number of ether oxygens (including phenoxy) is 2. The van der Waals surface area contributed by atoms with Gasteiger partial charge in [0.15, 0.2) is 0 Å². The highest BCUT2D eigenvalue weighted by molar-refractivity contribution is 8.01. The predicted molar refractivity (Wildman–Crippen MR) is 109 cm³/mol. The topological polar surface area (TPSA) is 91.9 Å². The van der Waals surface area contributed by atoms with E-state index in [0.717, 1.165) is 51.5 Å². The number of hydrazine groups is 1. The molecule has 2 saturated carbocycles. The van der Waals surface area contributed by atoms with Crippen molar-refractivity contribution >= 4 is 23.6 Å². The van der Waals surface area contributed by atoms with Crippen molar-refractivity contribution in [2.75, 3.05) is 13.3 Å². The number of nitrogens with zero attached hydrogens (tertiary/aromatic N) is 1. The fourth-order valence-corrected chi connectivity index (χ4v) is 6.79. The molecule has 0 bridgehead atoms. The molecule has 2 aliphatic carbocycles. The molecule has 0 aromatic heterocycles. The minimum Gasteiger partial charge on any atom is -0.351 e. The van der Waals surface area contributed by atoms with Gasteiger partial charge in [0.25, 0.3) is 0 Å². The van der Waals surface area contributed by atoms with Crippen molar-refractivity contribution in [1.82, 2.24) is 21.1 Å². The minimum atomic E-state index is -0.331. The number of hydrogen-bond acceptors (Lipinski definition) is 7. The standard InChI is InChI=1S/C20H32N4O4S/c25-17(21-13-7-8-15-16(10-13)28-11-27-15)19-23-22-18(29-19)14-6-3-9-24(14)20(26)12-4-1-2-5-12/h12-16,18-19,22-23H,1-11H2,(H,21,25). The van der Waals surface area contributed by atoms with E-state index in [2.05, 4.69) is 21.1 Å². The molecule has 5 rings (SSSR count). The molecule has 3 aliphatic heterocycles. The SMILES string of the molecule is O=C(NC1CCC2OCOC2C1)C1NNC(C2CCCN2C(=O)C2CCCC2)S1. The second-order valence-corrected chi connectivity index (χ2v) is 10.2. The van der Waals surface area contributed by atoms with Crippen LogP contribution in [0.5, 0.6) is 0 Å². The number of likely N-dealkylation sites (tertiary alicyclic amines) is 1. The molecule has 2 amide bonds. The first kappa shape index (κ1) is 20.1. The fraction of sp³-hybridized carbons (Fsp3) is 0.900. The lowest BCUT2D eigenvalue weighted by Gasteiger charge is -2.31. The molecule has 5 aliphatic rings. The largest absolute Gasteiger partial charge is 0.351 e. The zero-order chi connectivity index (χ0) is 19.8. The van der Waals surface area contributed by atoms with Crippen LogP contribution in [0.15, 0.2) is 0 Å². The maximum Gasteiger partial charge on any atom is 0.249 e. The summed E-state index contributed by atoms with van der Waals surface area (Å²) >= 11 is 1.60. The summed E-state index contributed by atoms with van der Waals surface area (Å²) in [5.41, 5.74) is 6.45. The molecular weight excluding hydrogens is 392 g/mol. The number of carbonyl (C=O) groups excluding carboxylic acids is 2. The number of thioether (sulfide) groups is 1. The van der Waals surface area contributed by atoms with Crippen LogP contribution in [0.4, 0.5) is 0 Å². The average Bonchev–Trinajstić information content (AvgIpc) is 3.53. The van der Waals surface area contributed by atoms with Crippen LogP contribution in [0.1, 0.15) is 57.8 Å². The van der Waals surface area contributed by atoms with Gasteiger partial charge in [-0.2, -0.15) is 0 Å². The molecule has 6 unspecified atom stereocenters. The van der Waals surface area contributed by atoms with Crippen molar-refractivity contribution in [3.63, 3.8) is 0 Å². The van der Waals surface area contributed by atoms with Gasteiger partial charge in [0.1, 0.15) is 12.2 Å². The number of carbonyl (C=O) groups is 2. The third-order valence-electron chi connectivity index (χ3n) is 7.16. The van der Waals surface area contributed by atoms with Crippen molar-refractivity contribution in [2.24, 2.45) is 5.92 Å². The Morgan fingerprint density at radius 2 is 1.79 bits per heavy atom. The lowest BCUT2D eigenvalue weighted by molar-refractivity contribution is -0.136. The summed E-state index contributed by atoms with van der Waals surface area (Å²) in [6.45, 7) is 1.22. The van der Waals surface area contributed by atoms with Gasteiger partial charge in [0.05, 0.1) is 23.6 Å². The van der Waals surface area contributed by atoms with Crippen molar-refractivity contribution in [1.29, 1.82) is 0 Å². The summed E-state index contributed by atoms with van der Waals surface area (Å²) in [6.07, 6.45) is 9.45. The van der Waals surface area contributed by atoms with E-state index in [4.69, 9.17) is 9.47 Å². The minimum absolute atomic E-state index is 0.0130. The molecule has 0 spiro atoms. The molecule has 9 heteroatoms. The molecule has 3 saturated heterocycles. The molecule has 3 N–H and O–H groups in total. The van der Waals surface area contributed by atoms with Gasteiger partial charge < -0.3 is 19.7 Å². The summed E-state index contributed by atoms with van der Waals surface area (Å²) in [6, 6.07) is 0.302. The zero-order valence-corrected chi connectivity index (χ0v) is 17.6. The normalized spacial score (nSPS) is 40.3. The second-order valence-electron chi connectivity index (χ2n) is 8.99. The van der Waals surface area contributed by atoms with Crippen LogP contribution < -0.4 is 16.2 Å². The van der Waals surface area contributed by atoms with Gasteiger partial charge >= 0.3 is 0 Å². The van der Waals surface area contributed by atoms with Crippen LogP contribution in [0, 0.1) is 5.92 Å². The Balaban J connectivity index is 1.13. The van der Waals surface area contributed by atoms with Gasteiger partial charge in [-0.25, -0.2) is 10.9 Å². The quantitative estimate of drug-likeness (QED) is 0.622. The number of fused-ring (bicyclic) bond motifs is 1. The van der Waals surface area contributed by atoms with Crippen LogP contribution in [0.2, 0.25) is 0 Å². The van der Waals surface area contributed by atoms with Crippen LogP contribution >= 0.6 is 11.8 Å². The zero-order valence-electron chi connectivity index (χ0n) is 16.8. The maximum absolute atomic E-state index is 13.0. The van der Waals surface area contributed by atoms with Crippen molar-refractivity contribution in [3.05, 3.63) is 0 Å². The van der Waals surface area contributed by atoms with Crippen LogP contribution in [0.3, 0.4) is 0 Å². The van der Waals surface area contributed by atoms with Crippen LogP contribution in [-0.4, -0.2) is 65.1 Å². The van der Waals surface area contributed by atoms with E-state index >= 15 is 0 Å². The fourth-order valence-electron chi connectivity index (χ4n) is 5.56. The smallest absolute Gasteiger partial charge is 0.249 e. The molecule has 6 atom stereocenters. The Hall–Kier alpha value is -0.870. The number of rotatable bonds is 4. The highest BCUT2D eigenvalue weighted by Gasteiger charge is 2.43. The van der Waals surface area contributed by atoms with E-state index in [1.807, 2.05) is 0 Å². The third-order valence-corrected chi connectivity index (χ3v) is 8.48. The summed E-state index contributed by atoms with van der Waals surface area (Å²) in [5.74, 6) is 0.556. The third kappa shape index (κ3) is 4.17. The summed E-state index contributed by atoms with van der Waals surface area (Å²) in [4.78, 5) is 27.8. The van der Waals surface area contributed by atoms with Gasteiger partial charge in [-0.15, -0.1) is 11.8 Å². The second kappa shape index (κ2) is 8.70. The maximum atomic E-state index is 13.0. The highest BCUT2D eigenvalue weighted by Crippen LogP contribution is 2.35. The first-order valence-corrected chi connectivity index (χ1v) is 12.1. The molecule has 162 valence electrons. The van der Waals surface area contributed by atoms with Crippen molar-refractivity contribution in [2.45, 2.75) is 92.8 Å². The molecule has 3 heterocycles. The van der Waals surface area contributed by atoms with E-state index < -0.39 is 0 Å². The summed E-state index contributed by atoms with van der Waals surface area (Å²) in [7, 11) is 0. The lowest BCUT2D eigenvalue weighted by Crippen LogP contribution is -2.50. The number of nitrogens with one attached hydrogen (secondary N) is 3. The van der Waals surface area contributed by atoms with E-state index in [-0.39, 0.29) is 46.9 Å². The van der Waals surface area contributed by atoms with Gasteiger partial charge in [-0.1, -0.05) is 12.8 Å². The van der Waals surface area contributed by atoms with Crippen LogP contribution in [0.25, 0.3) is 0 Å². The number of hydrogen-bond donors (Lipinski definition) is 3. The van der Waals surface area contributed by atoms with E-state index in [1.54, 1.807) is 11.8 Å². The van der Waals surface area contributed by atoms with E-state index in [0.29, 0.717) is 12.7 Å². The highest BCUT2D eigenvalue weighted by atomic mass is 32.2. The molecule has 8 nitrogen and oxygen atoms in total. The van der Waals surface area contributed by atoms with E-state index in [9.17, 15) is 9.59 Å². The monoisotopic (exact) mass is 424 g/mol. The molecule has 0 aromatic carbocycles. The van der Waals surface area contributed by atoms with E-state index in [1.165, 1.54) is 12.8 Å². The Labute approximate surface area is 176 Å². The van der Waals surface area contributed by atoms with Crippen LogP contribution in [-0.2, 0) is 19.1 Å². The molecule has 5 fully saturated rings. The summed E-state index contributed by atoms with van der Waals surface area (Å²) in [5, 5.41) is 2.91. The number of amides is 2. The molecule has 0 radical (unpaired) electrons. The molecular formula is C20H32N4O4S. The predicted octanol–water partition coefficient (Wildman–Crippen LogP) is 1.07. The van der Waals surface area contributed by atoms with Crippen molar-refractivity contribution < 1.29 is 19.1 Å². The Bertz CT molecular complexity index is 632. The van der Waals surface area contributed by atoms with Gasteiger partial charge in [0.2, 0.25) is 11.8 Å². The van der Waals surface area contributed by atoms with Crippen molar-refractivity contribution in [3.8, 4) is 0 Å². The Kier molecular flexibility index (Phi) is 6.02.